The summed E-state index contributed by atoms with van der Waals surface area (Å²) < 4.78 is 32.7. The number of amides is 2. The number of nitrogens with one attached hydrogen (secondary N) is 1. The number of pyridine rings is 1. The van der Waals surface area contributed by atoms with E-state index in [1.54, 1.807) is 29.2 Å². The van der Waals surface area contributed by atoms with E-state index in [4.69, 9.17) is 16.3 Å². The van der Waals surface area contributed by atoms with Crippen LogP contribution in [0.15, 0.2) is 45.9 Å². The predicted octanol–water partition coefficient (Wildman–Crippen LogP) is 3.04. The van der Waals surface area contributed by atoms with E-state index < -0.39 is 10.0 Å². The van der Waals surface area contributed by atoms with Gasteiger partial charge in [-0.25, -0.2) is 18.2 Å². The fraction of sp³-hybridized carbons (Fsp3) is 0.294. The van der Waals surface area contributed by atoms with Crippen LogP contribution in [-0.2, 0) is 10.0 Å². The second-order valence-corrected chi connectivity index (χ2v) is 9.21. The zero-order chi connectivity index (χ0) is 20.3. The molecule has 1 aromatic heterocycles. The number of methoxy groups -OCH3 is 1. The molecule has 2 aromatic rings. The van der Waals surface area contributed by atoms with Crippen molar-refractivity contribution >= 4 is 49.3 Å². The number of nitrogens with zero attached hydrogens (tertiary/aromatic N) is 3. The zero-order valence-electron chi connectivity index (χ0n) is 14.9. The van der Waals surface area contributed by atoms with E-state index in [1.807, 2.05) is 0 Å². The standard InChI is InChI=1S/C17H18BrClN4O4S/c1-27-16-5-3-13(11-20-16)21-17(24)22-6-8-23(9-7-22)28(25,26)15-4-2-12(18)10-14(15)19/h2-5,10-11H,6-9H2,1H3,(H,21,24). The van der Waals surface area contributed by atoms with Crippen LogP contribution in [0.3, 0.4) is 0 Å². The lowest BCUT2D eigenvalue weighted by Crippen LogP contribution is -2.51. The second-order valence-electron chi connectivity index (χ2n) is 5.99. The van der Waals surface area contributed by atoms with Crippen molar-refractivity contribution in [3.8, 4) is 5.88 Å². The number of urea groups is 1. The van der Waals surface area contributed by atoms with Gasteiger partial charge in [0.1, 0.15) is 4.90 Å². The third-order valence-corrected chi connectivity index (χ3v) is 7.11. The zero-order valence-corrected chi connectivity index (χ0v) is 18.1. The molecule has 1 N–H and O–H groups in total. The summed E-state index contributed by atoms with van der Waals surface area (Å²) in [6, 6.07) is 7.65. The van der Waals surface area contributed by atoms with Crippen LogP contribution in [0.2, 0.25) is 5.02 Å². The van der Waals surface area contributed by atoms with Crippen LogP contribution in [0.4, 0.5) is 10.5 Å². The van der Waals surface area contributed by atoms with Gasteiger partial charge in [0.05, 0.1) is 24.0 Å². The molecule has 150 valence electrons. The molecule has 0 saturated carbocycles. The number of aromatic nitrogens is 1. The number of anilines is 1. The van der Waals surface area contributed by atoms with Crippen LogP contribution in [0.5, 0.6) is 5.88 Å². The molecule has 11 heteroatoms. The molecule has 3 rings (SSSR count). The molecule has 8 nitrogen and oxygen atoms in total. The number of piperazine rings is 1. The Hall–Kier alpha value is -1.88. The maximum atomic E-state index is 12.8. The van der Waals surface area contributed by atoms with Crippen LogP contribution in [0.25, 0.3) is 0 Å². The van der Waals surface area contributed by atoms with Crippen molar-refractivity contribution in [1.82, 2.24) is 14.2 Å². The third-order valence-electron chi connectivity index (χ3n) is 4.23. The van der Waals surface area contributed by atoms with Crippen molar-refractivity contribution in [1.29, 1.82) is 0 Å². The summed E-state index contributed by atoms with van der Waals surface area (Å²) in [5.74, 6) is 0.448. The largest absolute Gasteiger partial charge is 0.481 e. The lowest BCUT2D eigenvalue weighted by molar-refractivity contribution is 0.184. The second kappa shape index (κ2) is 8.64. The molecular weight excluding hydrogens is 472 g/mol. The van der Waals surface area contributed by atoms with E-state index >= 15 is 0 Å². The van der Waals surface area contributed by atoms with Crippen LogP contribution in [0.1, 0.15) is 0 Å². The molecule has 0 spiro atoms. The Labute approximate surface area is 176 Å². The van der Waals surface area contributed by atoms with Crippen LogP contribution < -0.4 is 10.1 Å². The van der Waals surface area contributed by atoms with E-state index in [-0.39, 0.29) is 42.1 Å². The summed E-state index contributed by atoms with van der Waals surface area (Å²) in [5.41, 5.74) is 0.530. The van der Waals surface area contributed by atoms with Gasteiger partial charge in [-0.15, -0.1) is 0 Å². The van der Waals surface area contributed by atoms with Gasteiger partial charge >= 0.3 is 6.03 Å². The minimum Gasteiger partial charge on any atom is -0.481 e. The number of sulfonamides is 1. The van der Waals surface area contributed by atoms with Crippen molar-refractivity contribution in [3.63, 3.8) is 0 Å². The first-order valence-corrected chi connectivity index (χ1v) is 10.9. The molecule has 0 radical (unpaired) electrons. The van der Waals surface area contributed by atoms with E-state index in [1.165, 1.54) is 23.7 Å². The number of carbonyl (C=O) groups is 1. The van der Waals surface area contributed by atoms with Crippen LogP contribution in [-0.4, -0.2) is 61.9 Å². The Kier molecular flexibility index (Phi) is 6.43. The summed E-state index contributed by atoms with van der Waals surface area (Å²) in [7, 11) is -2.22. The fourth-order valence-corrected chi connectivity index (χ4v) is 5.17. The lowest BCUT2D eigenvalue weighted by Gasteiger charge is -2.34. The van der Waals surface area contributed by atoms with Gasteiger partial charge in [-0.2, -0.15) is 4.31 Å². The smallest absolute Gasteiger partial charge is 0.321 e. The molecule has 1 aliphatic rings. The summed E-state index contributed by atoms with van der Waals surface area (Å²) in [6.45, 7) is 0.900. The van der Waals surface area contributed by atoms with Crippen LogP contribution >= 0.6 is 27.5 Å². The van der Waals surface area contributed by atoms with Gasteiger partial charge in [0, 0.05) is 36.7 Å². The summed E-state index contributed by atoms with van der Waals surface area (Å²) in [5, 5.41) is 2.89. The SMILES string of the molecule is COc1ccc(NC(=O)N2CCN(S(=O)(=O)c3ccc(Br)cc3Cl)CC2)cn1. The van der Waals surface area contributed by atoms with Gasteiger partial charge in [0.2, 0.25) is 15.9 Å². The molecule has 0 aliphatic carbocycles. The van der Waals surface area contributed by atoms with Crippen molar-refractivity contribution in [2.24, 2.45) is 0 Å². The molecule has 1 aliphatic heterocycles. The monoisotopic (exact) mass is 488 g/mol. The Morgan fingerprint density at radius 1 is 1.21 bits per heavy atom. The summed E-state index contributed by atoms with van der Waals surface area (Å²) in [4.78, 5) is 18.0. The Morgan fingerprint density at radius 2 is 1.93 bits per heavy atom. The van der Waals surface area contributed by atoms with Gasteiger partial charge in [-0.1, -0.05) is 27.5 Å². The molecule has 2 heterocycles. The molecule has 1 fully saturated rings. The molecule has 0 atom stereocenters. The van der Waals surface area contributed by atoms with Crippen molar-refractivity contribution in [2.45, 2.75) is 4.90 Å². The average molecular weight is 490 g/mol. The highest BCUT2D eigenvalue weighted by Gasteiger charge is 2.31. The van der Waals surface area contributed by atoms with Crippen LogP contribution in [0, 0.1) is 0 Å². The van der Waals surface area contributed by atoms with Gasteiger partial charge in [-0.3, -0.25) is 0 Å². The highest BCUT2D eigenvalue weighted by atomic mass is 79.9. The molecule has 28 heavy (non-hydrogen) atoms. The quantitative estimate of drug-likeness (QED) is 0.713. The van der Waals surface area contributed by atoms with E-state index in [2.05, 4.69) is 26.2 Å². The van der Waals surface area contributed by atoms with E-state index in [0.717, 1.165) is 0 Å². The van der Waals surface area contributed by atoms with Gasteiger partial charge < -0.3 is 15.0 Å². The van der Waals surface area contributed by atoms with Crippen molar-refractivity contribution in [2.75, 3.05) is 38.6 Å². The first kappa shape index (κ1) is 20.8. The number of hydrogen-bond donors (Lipinski definition) is 1. The highest BCUT2D eigenvalue weighted by molar-refractivity contribution is 9.10. The number of carbonyl (C=O) groups excluding carboxylic acids is 1. The number of halogens is 2. The maximum Gasteiger partial charge on any atom is 0.321 e. The van der Waals surface area contributed by atoms with Gasteiger partial charge in [-0.05, 0) is 24.3 Å². The van der Waals surface area contributed by atoms with E-state index in [9.17, 15) is 13.2 Å². The van der Waals surface area contributed by atoms with Crippen molar-refractivity contribution < 1.29 is 17.9 Å². The Balaban J connectivity index is 1.62. The molecule has 2 amide bonds. The first-order valence-electron chi connectivity index (χ1n) is 8.32. The Morgan fingerprint density at radius 3 is 2.50 bits per heavy atom. The number of hydrogen-bond acceptors (Lipinski definition) is 5. The lowest BCUT2D eigenvalue weighted by atomic mass is 10.3. The average Bonchev–Trinajstić information content (AvgIpc) is 2.68. The molecule has 1 aromatic carbocycles. The summed E-state index contributed by atoms with van der Waals surface area (Å²) in [6.07, 6.45) is 1.49. The number of ether oxygens (including phenoxy) is 1. The first-order chi connectivity index (χ1) is 13.3. The van der Waals surface area contributed by atoms with Gasteiger partial charge in [0.15, 0.2) is 0 Å². The molecule has 1 saturated heterocycles. The Bertz CT molecular complexity index is 964. The predicted molar refractivity (Wildman–Crippen MR) is 109 cm³/mol. The molecular formula is C17H18BrClN4O4S. The molecule has 0 unspecified atom stereocenters. The minimum atomic E-state index is -3.73. The summed E-state index contributed by atoms with van der Waals surface area (Å²) >= 11 is 9.36. The third kappa shape index (κ3) is 4.57. The fourth-order valence-electron chi connectivity index (χ4n) is 2.73. The topological polar surface area (TPSA) is 91.8 Å². The highest BCUT2D eigenvalue weighted by Crippen LogP contribution is 2.28. The van der Waals surface area contributed by atoms with Crippen molar-refractivity contribution in [3.05, 3.63) is 46.0 Å². The van der Waals surface area contributed by atoms with E-state index in [0.29, 0.717) is 16.0 Å². The number of benzene rings is 1. The van der Waals surface area contributed by atoms with Gasteiger partial charge in [0.25, 0.3) is 0 Å². The minimum absolute atomic E-state index is 0.0552. The number of rotatable bonds is 4. The normalized spacial score (nSPS) is 15.3. The molecule has 0 bridgehead atoms. The maximum absolute atomic E-state index is 12.8.